The first kappa shape index (κ1) is 17.7. The van der Waals surface area contributed by atoms with Gasteiger partial charge in [-0.3, -0.25) is 0 Å². The summed E-state index contributed by atoms with van der Waals surface area (Å²) in [5, 5.41) is 5.42. The van der Waals surface area contributed by atoms with Crippen LogP contribution in [0.15, 0.2) is 27.7 Å². The van der Waals surface area contributed by atoms with Gasteiger partial charge in [-0.15, -0.1) is 0 Å². The molecule has 3 nitrogen and oxygen atoms in total. The highest BCUT2D eigenvalue weighted by molar-refractivity contribution is 9.10. The molecule has 0 fully saturated rings. The fourth-order valence-electron chi connectivity index (χ4n) is 1.47. The lowest BCUT2D eigenvalue weighted by Crippen LogP contribution is -2.38. The Morgan fingerprint density at radius 3 is 2.57 bits per heavy atom. The van der Waals surface area contributed by atoms with Crippen molar-refractivity contribution in [2.24, 2.45) is 4.99 Å². The Labute approximate surface area is 129 Å². The van der Waals surface area contributed by atoms with E-state index in [9.17, 15) is 17.6 Å². The molecule has 1 rings (SSSR count). The van der Waals surface area contributed by atoms with Crippen molar-refractivity contribution in [1.82, 2.24) is 10.6 Å². The molecule has 0 bridgehead atoms. The molecule has 1 aromatic carbocycles. The zero-order chi connectivity index (χ0) is 15.9. The van der Waals surface area contributed by atoms with Gasteiger partial charge in [-0.25, -0.2) is 9.38 Å². The van der Waals surface area contributed by atoms with Crippen LogP contribution in [0.5, 0.6) is 0 Å². The van der Waals surface area contributed by atoms with Crippen molar-refractivity contribution < 1.29 is 17.6 Å². The molecule has 0 unspecified atom stereocenters. The summed E-state index contributed by atoms with van der Waals surface area (Å²) in [6, 6.07) is 4.58. The number of aliphatic imine (C=N–C) groups is 1. The minimum absolute atomic E-state index is 0.172. The summed E-state index contributed by atoms with van der Waals surface area (Å²) in [5.74, 6) is -0.136. The second-order valence-corrected chi connectivity index (χ2v) is 5.09. The van der Waals surface area contributed by atoms with Gasteiger partial charge in [0.25, 0.3) is 0 Å². The van der Waals surface area contributed by atoms with Crippen LogP contribution in [-0.2, 0) is 6.54 Å². The van der Waals surface area contributed by atoms with Crippen molar-refractivity contribution in [3.8, 4) is 0 Å². The molecule has 21 heavy (non-hydrogen) atoms. The molecule has 0 heterocycles. The molecule has 2 N–H and O–H groups in total. The van der Waals surface area contributed by atoms with Crippen molar-refractivity contribution in [3.63, 3.8) is 0 Å². The Balaban J connectivity index is 2.60. The van der Waals surface area contributed by atoms with E-state index >= 15 is 0 Å². The summed E-state index contributed by atoms with van der Waals surface area (Å²) in [6.45, 7) is 2.24. The molecular formula is C13H16BrF4N3. The van der Waals surface area contributed by atoms with Gasteiger partial charge < -0.3 is 10.6 Å². The largest absolute Gasteiger partial charge is 0.390 e. The summed E-state index contributed by atoms with van der Waals surface area (Å²) < 4.78 is 49.9. The SMILES string of the molecule is CCNC(=NCc1ccc(Br)c(F)c1)NCCC(F)(F)F. The van der Waals surface area contributed by atoms with E-state index in [4.69, 9.17) is 0 Å². The van der Waals surface area contributed by atoms with Crippen molar-refractivity contribution >= 4 is 21.9 Å². The molecule has 118 valence electrons. The first-order chi connectivity index (χ1) is 9.81. The zero-order valence-corrected chi connectivity index (χ0v) is 13.0. The second kappa shape index (κ2) is 8.21. The van der Waals surface area contributed by atoms with E-state index in [0.29, 0.717) is 16.6 Å². The molecule has 0 aliphatic carbocycles. The Bertz CT molecular complexity index is 489. The van der Waals surface area contributed by atoms with Gasteiger partial charge in [0.15, 0.2) is 5.96 Å². The Morgan fingerprint density at radius 2 is 2.00 bits per heavy atom. The molecule has 0 saturated heterocycles. The summed E-state index contributed by atoms with van der Waals surface area (Å²) in [6.07, 6.45) is -5.15. The number of rotatable bonds is 5. The summed E-state index contributed by atoms with van der Waals surface area (Å²) >= 11 is 3.04. The number of nitrogens with zero attached hydrogens (tertiary/aromatic N) is 1. The van der Waals surface area contributed by atoms with E-state index in [1.54, 1.807) is 19.1 Å². The minimum Gasteiger partial charge on any atom is -0.357 e. The molecule has 0 amide bonds. The smallest absolute Gasteiger partial charge is 0.357 e. The summed E-state index contributed by atoms with van der Waals surface area (Å²) in [5.41, 5.74) is 0.628. The second-order valence-electron chi connectivity index (χ2n) is 4.24. The van der Waals surface area contributed by atoms with Gasteiger partial charge in [-0.1, -0.05) is 6.07 Å². The molecule has 0 saturated carbocycles. The predicted molar refractivity (Wildman–Crippen MR) is 77.6 cm³/mol. The standard InChI is InChI=1S/C13H16BrF4N3/c1-2-19-12(20-6-5-13(16,17)18)21-8-9-3-4-10(14)11(15)7-9/h3-4,7H,2,5-6,8H2,1H3,(H2,19,20,21). The molecule has 0 atom stereocenters. The maximum atomic E-state index is 13.3. The number of benzene rings is 1. The van der Waals surface area contributed by atoms with Gasteiger partial charge in [0.05, 0.1) is 17.4 Å². The van der Waals surface area contributed by atoms with Crippen molar-refractivity contribution in [2.75, 3.05) is 13.1 Å². The molecule has 0 aromatic heterocycles. The third-order valence-electron chi connectivity index (χ3n) is 2.45. The lowest BCUT2D eigenvalue weighted by Gasteiger charge is -2.12. The van der Waals surface area contributed by atoms with Crippen LogP contribution in [0.4, 0.5) is 17.6 Å². The van der Waals surface area contributed by atoms with Crippen LogP contribution >= 0.6 is 15.9 Å². The molecule has 1 aromatic rings. The fraction of sp³-hybridized carbons (Fsp3) is 0.462. The van der Waals surface area contributed by atoms with E-state index in [0.717, 1.165) is 0 Å². The van der Waals surface area contributed by atoms with Gasteiger partial charge in [0.2, 0.25) is 0 Å². The highest BCUT2D eigenvalue weighted by Crippen LogP contribution is 2.18. The van der Waals surface area contributed by atoms with Crippen LogP contribution in [0.3, 0.4) is 0 Å². The normalized spacial score (nSPS) is 12.4. The number of guanidine groups is 1. The number of nitrogens with one attached hydrogen (secondary N) is 2. The highest BCUT2D eigenvalue weighted by Gasteiger charge is 2.26. The maximum absolute atomic E-state index is 13.3. The van der Waals surface area contributed by atoms with E-state index in [1.807, 2.05) is 0 Å². The third-order valence-corrected chi connectivity index (χ3v) is 3.09. The van der Waals surface area contributed by atoms with Gasteiger partial charge in [0.1, 0.15) is 5.82 Å². The number of hydrogen-bond donors (Lipinski definition) is 2. The van der Waals surface area contributed by atoms with Crippen LogP contribution in [0.1, 0.15) is 18.9 Å². The molecule has 0 aliphatic heterocycles. The maximum Gasteiger partial charge on any atom is 0.390 e. The Hall–Kier alpha value is -1.31. The fourth-order valence-corrected chi connectivity index (χ4v) is 1.72. The average molecular weight is 370 g/mol. The quantitative estimate of drug-likeness (QED) is 0.472. The van der Waals surface area contributed by atoms with E-state index in [1.165, 1.54) is 6.07 Å². The van der Waals surface area contributed by atoms with E-state index < -0.39 is 18.4 Å². The first-order valence-electron chi connectivity index (χ1n) is 6.34. The summed E-state index contributed by atoms with van der Waals surface area (Å²) in [7, 11) is 0. The Kier molecular flexibility index (Phi) is 6.94. The van der Waals surface area contributed by atoms with Crippen LogP contribution in [0, 0.1) is 5.82 Å². The highest BCUT2D eigenvalue weighted by atomic mass is 79.9. The van der Waals surface area contributed by atoms with Crippen LogP contribution in [0.25, 0.3) is 0 Å². The minimum atomic E-state index is -4.21. The molecule has 0 radical (unpaired) electrons. The third kappa shape index (κ3) is 7.31. The zero-order valence-electron chi connectivity index (χ0n) is 11.4. The van der Waals surface area contributed by atoms with Gasteiger partial charge in [0, 0.05) is 13.1 Å². The van der Waals surface area contributed by atoms with Gasteiger partial charge in [-0.05, 0) is 40.5 Å². The van der Waals surface area contributed by atoms with Crippen molar-refractivity contribution in [2.45, 2.75) is 26.1 Å². The van der Waals surface area contributed by atoms with Gasteiger partial charge in [-0.2, -0.15) is 13.2 Å². The lowest BCUT2D eigenvalue weighted by molar-refractivity contribution is -0.132. The topological polar surface area (TPSA) is 36.4 Å². The number of alkyl halides is 3. The van der Waals surface area contributed by atoms with E-state index in [2.05, 4.69) is 31.6 Å². The van der Waals surface area contributed by atoms with Crippen LogP contribution < -0.4 is 10.6 Å². The first-order valence-corrected chi connectivity index (χ1v) is 7.14. The molecule has 0 spiro atoms. The van der Waals surface area contributed by atoms with Crippen molar-refractivity contribution in [1.29, 1.82) is 0 Å². The monoisotopic (exact) mass is 369 g/mol. The molecule has 8 heteroatoms. The molecule has 0 aliphatic rings. The van der Waals surface area contributed by atoms with E-state index in [-0.39, 0.29) is 19.0 Å². The predicted octanol–water partition coefficient (Wildman–Crippen LogP) is 3.60. The average Bonchev–Trinajstić information content (AvgIpc) is 2.38. The lowest BCUT2D eigenvalue weighted by atomic mass is 10.2. The summed E-state index contributed by atoms with van der Waals surface area (Å²) in [4.78, 5) is 4.12. The Morgan fingerprint density at radius 1 is 1.29 bits per heavy atom. The van der Waals surface area contributed by atoms with Crippen molar-refractivity contribution in [3.05, 3.63) is 34.1 Å². The number of hydrogen-bond acceptors (Lipinski definition) is 1. The number of halogens is 5. The van der Waals surface area contributed by atoms with Gasteiger partial charge >= 0.3 is 6.18 Å². The van der Waals surface area contributed by atoms with Crippen LogP contribution in [0.2, 0.25) is 0 Å². The molecular weight excluding hydrogens is 354 g/mol. The van der Waals surface area contributed by atoms with Crippen LogP contribution in [-0.4, -0.2) is 25.2 Å².